The molecule has 10 nitrogen and oxygen atoms in total. The number of hydrogen-bond donors (Lipinski definition) is 5. The van der Waals surface area contributed by atoms with E-state index in [4.69, 9.17) is 10.5 Å². The summed E-state index contributed by atoms with van der Waals surface area (Å²) in [4.78, 5) is 24.5. The standard InChI is InChI=1S/C33H37F4N5O5/c1-18-11-25(39-17-32(46,33(35,36)37)16-31(3,4)24-14-21(34)9-10-27(24)47-5)23-15-40-42(26(23)12-18)22-8-6-7-20(13-22)30(45)41-28(19(2)43)29(38)44/h6-15,19,28,39,43,46H,16-17H2,1-5H3,(H2,38,44)(H,41,45)/t19-,28?,32?/m1/s1. The number of nitrogens with one attached hydrogen (secondary N) is 2. The highest BCUT2D eigenvalue weighted by Gasteiger charge is 2.56. The first-order valence-electron chi connectivity index (χ1n) is 14.6. The Labute approximate surface area is 268 Å². The van der Waals surface area contributed by atoms with Gasteiger partial charge in [0.15, 0.2) is 5.60 Å². The number of halogens is 4. The van der Waals surface area contributed by atoms with Crippen LogP contribution in [-0.4, -0.2) is 69.4 Å². The number of primary amides is 1. The Balaban J connectivity index is 1.65. The fraction of sp³-hybridized carbons (Fsp3) is 0.364. The maximum atomic E-state index is 14.5. The largest absolute Gasteiger partial charge is 0.496 e. The molecule has 1 heterocycles. The Hall–Kier alpha value is -4.69. The van der Waals surface area contributed by atoms with Crippen LogP contribution < -0.4 is 21.1 Å². The summed E-state index contributed by atoms with van der Waals surface area (Å²) in [6.07, 6.45) is -5.67. The minimum atomic E-state index is -5.06. The number of rotatable bonds is 12. The number of methoxy groups -OCH3 is 1. The summed E-state index contributed by atoms with van der Waals surface area (Å²) in [5, 5.41) is 30.9. The number of carbonyl (C=O) groups excluding carboxylic acids is 2. The van der Waals surface area contributed by atoms with Crippen molar-refractivity contribution in [2.24, 2.45) is 5.73 Å². The van der Waals surface area contributed by atoms with Gasteiger partial charge >= 0.3 is 6.18 Å². The van der Waals surface area contributed by atoms with Crippen molar-refractivity contribution in [3.63, 3.8) is 0 Å². The molecule has 14 heteroatoms. The van der Waals surface area contributed by atoms with E-state index in [0.29, 0.717) is 22.2 Å². The van der Waals surface area contributed by atoms with Crippen molar-refractivity contribution in [3.05, 3.63) is 83.3 Å². The smallest absolute Gasteiger partial charge is 0.418 e. The molecule has 3 aromatic carbocycles. The molecule has 0 saturated carbocycles. The summed E-state index contributed by atoms with van der Waals surface area (Å²) in [7, 11) is 1.33. The number of fused-ring (bicyclic) bond motifs is 1. The SMILES string of the molecule is COc1ccc(F)cc1C(C)(C)CC(O)(CNc1cc(C)cc2c1cnn2-c1cccc(C(=O)NC(C(N)=O)[C@@H](C)O)c1)C(F)(F)F. The molecule has 4 rings (SSSR count). The summed E-state index contributed by atoms with van der Waals surface area (Å²) >= 11 is 0. The summed E-state index contributed by atoms with van der Waals surface area (Å²) < 4.78 is 64.4. The second-order valence-electron chi connectivity index (χ2n) is 12.2. The van der Waals surface area contributed by atoms with Crippen LogP contribution in [0, 0.1) is 12.7 Å². The molecule has 252 valence electrons. The summed E-state index contributed by atoms with van der Waals surface area (Å²) in [6.45, 7) is 5.07. The minimum Gasteiger partial charge on any atom is -0.496 e. The van der Waals surface area contributed by atoms with E-state index >= 15 is 0 Å². The van der Waals surface area contributed by atoms with E-state index in [2.05, 4.69) is 15.7 Å². The van der Waals surface area contributed by atoms with Gasteiger partial charge in [-0.3, -0.25) is 9.59 Å². The quantitative estimate of drug-likeness (QED) is 0.140. The summed E-state index contributed by atoms with van der Waals surface area (Å²) in [5.74, 6) is -2.04. The number of alkyl halides is 3. The van der Waals surface area contributed by atoms with Gasteiger partial charge < -0.3 is 31.3 Å². The molecule has 2 amide bonds. The lowest BCUT2D eigenvalue weighted by molar-refractivity contribution is -0.260. The van der Waals surface area contributed by atoms with Crippen molar-refractivity contribution < 1.29 is 42.1 Å². The van der Waals surface area contributed by atoms with Crippen LogP contribution >= 0.6 is 0 Å². The maximum absolute atomic E-state index is 14.5. The zero-order valence-electron chi connectivity index (χ0n) is 26.4. The Morgan fingerprint density at radius 3 is 2.43 bits per heavy atom. The number of nitrogens with zero attached hydrogens (tertiary/aromatic N) is 2. The van der Waals surface area contributed by atoms with Crippen LogP contribution in [0.1, 0.15) is 48.7 Å². The Morgan fingerprint density at radius 2 is 1.81 bits per heavy atom. The molecular formula is C33H37F4N5O5. The lowest BCUT2D eigenvalue weighted by Crippen LogP contribution is -2.53. The monoisotopic (exact) mass is 659 g/mol. The van der Waals surface area contributed by atoms with E-state index in [1.165, 1.54) is 57.0 Å². The van der Waals surface area contributed by atoms with Gasteiger partial charge in [-0.05, 0) is 79.8 Å². The van der Waals surface area contributed by atoms with E-state index in [0.717, 1.165) is 12.1 Å². The first kappa shape index (κ1) is 35.2. The number of benzene rings is 3. The highest BCUT2D eigenvalue weighted by atomic mass is 19.4. The number of aromatic nitrogens is 2. The van der Waals surface area contributed by atoms with Crippen LogP contribution in [0.2, 0.25) is 0 Å². The van der Waals surface area contributed by atoms with Crippen molar-refractivity contribution >= 4 is 28.4 Å². The molecule has 0 aliphatic carbocycles. The number of aliphatic hydroxyl groups excluding tert-OH is 1. The van der Waals surface area contributed by atoms with Crippen LogP contribution in [0.5, 0.6) is 5.75 Å². The van der Waals surface area contributed by atoms with Crippen LogP contribution in [0.4, 0.5) is 23.2 Å². The second kappa shape index (κ2) is 13.2. The fourth-order valence-corrected chi connectivity index (χ4v) is 5.59. The van der Waals surface area contributed by atoms with E-state index < -0.39 is 59.9 Å². The van der Waals surface area contributed by atoms with Crippen LogP contribution in [0.15, 0.2) is 60.8 Å². The van der Waals surface area contributed by atoms with Gasteiger partial charge in [0.25, 0.3) is 5.91 Å². The van der Waals surface area contributed by atoms with Gasteiger partial charge in [0.2, 0.25) is 5.91 Å². The number of aliphatic hydroxyl groups is 2. The van der Waals surface area contributed by atoms with Gasteiger partial charge in [0, 0.05) is 22.2 Å². The second-order valence-corrected chi connectivity index (χ2v) is 12.2. The number of nitrogens with two attached hydrogens (primary N) is 1. The highest BCUT2D eigenvalue weighted by Crippen LogP contribution is 2.44. The van der Waals surface area contributed by atoms with Gasteiger partial charge in [0.1, 0.15) is 17.6 Å². The third-order valence-corrected chi connectivity index (χ3v) is 7.99. The number of amides is 2. The van der Waals surface area contributed by atoms with Crippen molar-refractivity contribution in [1.29, 1.82) is 0 Å². The van der Waals surface area contributed by atoms with Gasteiger partial charge in [-0.1, -0.05) is 19.9 Å². The lowest BCUT2D eigenvalue weighted by atomic mass is 9.74. The fourth-order valence-electron chi connectivity index (χ4n) is 5.59. The molecule has 0 bridgehead atoms. The van der Waals surface area contributed by atoms with E-state index in [9.17, 15) is 37.4 Å². The zero-order chi connectivity index (χ0) is 34.9. The maximum Gasteiger partial charge on any atom is 0.418 e. The van der Waals surface area contributed by atoms with E-state index in [-0.39, 0.29) is 22.6 Å². The Morgan fingerprint density at radius 1 is 1.11 bits per heavy atom. The molecule has 1 aromatic heterocycles. The molecule has 0 aliphatic heterocycles. The molecule has 0 spiro atoms. The van der Waals surface area contributed by atoms with Crippen molar-refractivity contribution in [2.45, 2.75) is 63.5 Å². The predicted octanol–water partition coefficient (Wildman–Crippen LogP) is 4.52. The first-order chi connectivity index (χ1) is 21.9. The third kappa shape index (κ3) is 7.49. The molecule has 0 fully saturated rings. The van der Waals surface area contributed by atoms with Crippen LogP contribution in [0.25, 0.3) is 16.6 Å². The Kier molecular flexibility index (Phi) is 9.88. The molecule has 2 unspecified atom stereocenters. The molecule has 47 heavy (non-hydrogen) atoms. The summed E-state index contributed by atoms with van der Waals surface area (Å²) in [6, 6.07) is 11.8. The van der Waals surface area contributed by atoms with E-state index in [1.54, 1.807) is 31.2 Å². The molecule has 6 N–H and O–H groups in total. The number of carbonyl (C=O) groups is 2. The Bertz CT molecular complexity index is 1790. The average Bonchev–Trinajstić information content (AvgIpc) is 3.41. The third-order valence-electron chi connectivity index (χ3n) is 7.99. The van der Waals surface area contributed by atoms with Crippen LogP contribution in [0.3, 0.4) is 0 Å². The van der Waals surface area contributed by atoms with Crippen molar-refractivity contribution in [3.8, 4) is 11.4 Å². The molecule has 3 atom stereocenters. The predicted molar refractivity (Wildman–Crippen MR) is 168 cm³/mol. The van der Waals surface area contributed by atoms with Gasteiger partial charge in [-0.2, -0.15) is 18.3 Å². The molecule has 0 aliphatic rings. The van der Waals surface area contributed by atoms with Crippen molar-refractivity contribution in [2.75, 3.05) is 19.0 Å². The molecule has 0 radical (unpaired) electrons. The zero-order valence-corrected chi connectivity index (χ0v) is 26.4. The normalized spacial score (nSPS) is 14.7. The van der Waals surface area contributed by atoms with Gasteiger partial charge in [-0.15, -0.1) is 0 Å². The molecule has 4 aromatic rings. The topological polar surface area (TPSA) is 152 Å². The summed E-state index contributed by atoms with van der Waals surface area (Å²) in [5.41, 5.74) is 2.83. The lowest BCUT2D eigenvalue weighted by Gasteiger charge is -2.38. The van der Waals surface area contributed by atoms with Gasteiger partial charge in [-0.25, -0.2) is 9.07 Å². The minimum absolute atomic E-state index is 0.136. The number of hydrogen-bond acceptors (Lipinski definition) is 7. The molecule has 0 saturated heterocycles. The first-order valence-corrected chi connectivity index (χ1v) is 14.6. The average molecular weight is 660 g/mol. The number of ether oxygens (including phenoxy) is 1. The van der Waals surface area contributed by atoms with Gasteiger partial charge in [0.05, 0.1) is 37.2 Å². The highest BCUT2D eigenvalue weighted by molar-refractivity contribution is 5.98. The molecular weight excluding hydrogens is 622 g/mol. The number of aryl methyl sites for hydroxylation is 1. The van der Waals surface area contributed by atoms with E-state index in [1.807, 2.05) is 0 Å². The van der Waals surface area contributed by atoms with Crippen molar-refractivity contribution in [1.82, 2.24) is 15.1 Å². The van der Waals surface area contributed by atoms with Crippen LogP contribution in [-0.2, 0) is 10.2 Å². The number of anilines is 1.